The maximum atomic E-state index is 12.2. The van der Waals surface area contributed by atoms with E-state index in [1.165, 1.54) is 0 Å². The van der Waals surface area contributed by atoms with Gasteiger partial charge in [-0.2, -0.15) is 0 Å². The molecule has 3 heterocycles. The molecule has 0 aliphatic carbocycles. The van der Waals surface area contributed by atoms with Gasteiger partial charge in [-0.15, -0.1) is 11.3 Å². The van der Waals surface area contributed by atoms with Crippen LogP contribution in [0.3, 0.4) is 0 Å². The number of fused-ring (bicyclic) bond motifs is 3. The Bertz CT molecular complexity index is 602. The molecule has 3 rings (SSSR count). The van der Waals surface area contributed by atoms with Crippen molar-refractivity contribution in [2.45, 2.75) is 32.6 Å². The molecule has 0 saturated heterocycles. The lowest BCUT2D eigenvalue weighted by atomic mass is 10.3. The van der Waals surface area contributed by atoms with Crippen molar-refractivity contribution in [1.29, 1.82) is 0 Å². The average molecular weight is 276 g/mol. The van der Waals surface area contributed by atoms with Gasteiger partial charge in [0.05, 0.1) is 17.4 Å². The number of rotatable bonds is 3. The number of thiophene rings is 1. The molecule has 5 heteroatoms. The monoisotopic (exact) mass is 276 g/mol. The topological polar surface area (TPSA) is 43.3 Å². The summed E-state index contributed by atoms with van der Waals surface area (Å²) in [7, 11) is 0. The lowest BCUT2D eigenvalue weighted by Crippen LogP contribution is -2.31. The van der Waals surface area contributed by atoms with Crippen LogP contribution in [0, 0.1) is 0 Å². The van der Waals surface area contributed by atoms with Gasteiger partial charge in [0.25, 0.3) is 5.91 Å². The first-order valence-corrected chi connectivity index (χ1v) is 7.30. The zero-order valence-electron chi connectivity index (χ0n) is 10.9. The van der Waals surface area contributed by atoms with Crippen LogP contribution in [0.2, 0.25) is 0 Å². The quantitative estimate of drug-likeness (QED) is 0.936. The number of carbonyl (C=O) groups excluding carboxylic acids is 1. The Kier molecular flexibility index (Phi) is 3.16. The summed E-state index contributed by atoms with van der Waals surface area (Å²) in [5.41, 5.74) is 1.67. The van der Waals surface area contributed by atoms with Gasteiger partial charge >= 0.3 is 0 Å². The number of nitrogens with one attached hydrogen (secondary N) is 1. The fourth-order valence-electron chi connectivity index (χ4n) is 2.16. The van der Waals surface area contributed by atoms with Gasteiger partial charge in [-0.3, -0.25) is 4.79 Å². The molecular weight excluding hydrogens is 260 g/mol. The van der Waals surface area contributed by atoms with Crippen LogP contribution in [-0.2, 0) is 4.74 Å². The average Bonchev–Trinajstić information content (AvgIpc) is 3.03. The minimum absolute atomic E-state index is 0.0757. The van der Waals surface area contributed by atoms with Crippen molar-refractivity contribution < 1.29 is 9.53 Å². The van der Waals surface area contributed by atoms with Crippen molar-refractivity contribution >= 4 is 17.2 Å². The third-order valence-electron chi connectivity index (χ3n) is 3.36. The van der Waals surface area contributed by atoms with Gasteiger partial charge < -0.3 is 14.6 Å². The maximum absolute atomic E-state index is 12.2. The minimum Gasteiger partial charge on any atom is -0.350 e. The van der Waals surface area contributed by atoms with Gasteiger partial charge in [0, 0.05) is 6.20 Å². The van der Waals surface area contributed by atoms with Crippen molar-refractivity contribution in [3.05, 3.63) is 41.0 Å². The molecule has 2 unspecified atom stereocenters. The summed E-state index contributed by atoms with van der Waals surface area (Å²) >= 11 is 1.56. The van der Waals surface area contributed by atoms with Gasteiger partial charge in [-0.05, 0) is 36.9 Å². The number of hydrogen-bond donors (Lipinski definition) is 1. The van der Waals surface area contributed by atoms with Crippen molar-refractivity contribution in [3.8, 4) is 5.00 Å². The van der Waals surface area contributed by atoms with E-state index in [1.54, 1.807) is 11.3 Å². The molecule has 0 bridgehead atoms. The van der Waals surface area contributed by atoms with Crippen molar-refractivity contribution in [2.24, 2.45) is 0 Å². The van der Waals surface area contributed by atoms with E-state index < -0.39 is 6.23 Å². The molecule has 1 N–H and O–H groups in total. The van der Waals surface area contributed by atoms with Crippen LogP contribution in [0.5, 0.6) is 0 Å². The summed E-state index contributed by atoms with van der Waals surface area (Å²) < 4.78 is 7.96. The molecule has 1 aliphatic rings. The van der Waals surface area contributed by atoms with Gasteiger partial charge in [-0.1, -0.05) is 6.92 Å². The summed E-state index contributed by atoms with van der Waals surface area (Å²) in [5.74, 6) is -0.0757. The summed E-state index contributed by atoms with van der Waals surface area (Å²) in [4.78, 5) is 12.2. The van der Waals surface area contributed by atoms with Crippen LogP contribution < -0.4 is 5.32 Å². The molecule has 2 aromatic heterocycles. The molecule has 4 nitrogen and oxygen atoms in total. The van der Waals surface area contributed by atoms with Crippen LogP contribution in [0.15, 0.2) is 29.8 Å². The molecule has 0 aromatic carbocycles. The molecule has 19 heavy (non-hydrogen) atoms. The van der Waals surface area contributed by atoms with E-state index in [1.807, 2.05) is 41.3 Å². The van der Waals surface area contributed by atoms with Crippen molar-refractivity contribution in [3.63, 3.8) is 0 Å². The molecule has 0 fully saturated rings. The number of nitrogens with zero attached hydrogens (tertiary/aromatic N) is 1. The first-order valence-electron chi connectivity index (χ1n) is 6.42. The van der Waals surface area contributed by atoms with Gasteiger partial charge in [0.1, 0.15) is 5.00 Å². The molecule has 0 radical (unpaired) electrons. The minimum atomic E-state index is -0.392. The highest BCUT2D eigenvalue weighted by Gasteiger charge is 2.28. The summed E-state index contributed by atoms with van der Waals surface area (Å²) in [6.07, 6.45) is 2.59. The fraction of sp³-hybridized carbons (Fsp3) is 0.357. The second-order valence-corrected chi connectivity index (χ2v) is 5.55. The first kappa shape index (κ1) is 12.4. The van der Waals surface area contributed by atoms with E-state index >= 15 is 0 Å². The largest absolute Gasteiger partial charge is 0.350 e. The van der Waals surface area contributed by atoms with Crippen LogP contribution >= 0.6 is 11.3 Å². The molecular formula is C14H16N2O2S. The Labute approximate surface area is 116 Å². The lowest BCUT2D eigenvalue weighted by molar-refractivity contribution is -0.0231. The molecule has 1 amide bonds. The van der Waals surface area contributed by atoms with Crippen LogP contribution in [-0.4, -0.2) is 16.6 Å². The molecule has 0 spiro atoms. The third-order valence-corrected chi connectivity index (χ3v) is 4.27. The molecule has 1 aliphatic heterocycles. The van der Waals surface area contributed by atoms with E-state index in [4.69, 9.17) is 4.74 Å². The molecule has 2 atom stereocenters. The Hall–Kier alpha value is -1.59. The predicted molar refractivity (Wildman–Crippen MR) is 74.7 cm³/mol. The second-order valence-electron chi connectivity index (χ2n) is 4.65. The fourth-order valence-corrected chi connectivity index (χ4v) is 3.06. The van der Waals surface area contributed by atoms with Gasteiger partial charge in [-0.25, -0.2) is 0 Å². The maximum Gasteiger partial charge on any atom is 0.256 e. The number of aromatic nitrogens is 1. The Morgan fingerprint density at radius 3 is 3.16 bits per heavy atom. The molecule has 2 aromatic rings. The van der Waals surface area contributed by atoms with E-state index in [0.717, 1.165) is 17.1 Å². The highest BCUT2D eigenvalue weighted by Crippen LogP contribution is 2.31. The summed E-state index contributed by atoms with van der Waals surface area (Å²) in [6.45, 7) is 4.08. The summed E-state index contributed by atoms with van der Waals surface area (Å²) in [5, 5.41) is 5.84. The standard InChI is InChI=1S/C14H16N2O2S/c1-3-9(2)18-13-11-5-4-7-16(11)14-10(6-8-19-14)12(17)15-13/h4-9,13H,3H2,1-2H3,(H,15,17). The molecule has 0 saturated carbocycles. The number of amides is 1. The normalized spacial score (nSPS) is 19.3. The third kappa shape index (κ3) is 2.09. The number of ether oxygens (including phenoxy) is 1. The van der Waals surface area contributed by atoms with E-state index in [9.17, 15) is 4.79 Å². The second kappa shape index (κ2) is 4.83. The van der Waals surface area contributed by atoms with Crippen molar-refractivity contribution in [2.75, 3.05) is 0 Å². The highest BCUT2D eigenvalue weighted by molar-refractivity contribution is 7.13. The van der Waals surface area contributed by atoms with Crippen LogP contribution in [0.1, 0.15) is 42.5 Å². The Morgan fingerprint density at radius 1 is 1.53 bits per heavy atom. The van der Waals surface area contributed by atoms with E-state index in [2.05, 4.69) is 12.2 Å². The van der Waals surface area contributed by atoms with E-state index in [-0.39, 0.29) is 12.0 Å². The van der Waals surface area contributed by atoms with Crippen LogP contribution in [0.25, 0.3) is 5.00 Å². The lowest BCUT2D eigenvalue weighted by Gasteiger charge is -2.21. The number of hydrogen-bond acceptors (Lipinski definition) is 3. The Morgan fingerprint density at radius 2 is 2.37 bits per heavy atom. The number of carbonyl (C=O) groups is 1. The van der Waals surface area contributed by atoms with Crippen LogP contribution in [0.4, 0.5) is 0 Å². The van der Waals surface area contributed by atoms with Crippen molar-refractivity contribution in [1.82, 2.24) is 9.88 Å². The molecule has 100 valence electrons. The van der Waals surface area contributed by atoms with Gasteiger partial charge in [0.15, 0.2) is 6.23 Å². The zero-order chi connectivity index (χ0) is 13.4. The summed E-state index contributed by atoms with van der Waals surface area (Å²) in [6, 6.07) is 5.82. The zero-order valence-corrected chi connectivity index (χ0v) is 11.7. The van der Waals surface area contributed by atoms with E-state index in [0.29, 0.717) is 5.56 Å². The smallest absolute Gasteiger partial charge is 0.256 e. The Balaban J connectivity index is 2.04. The first-order chi connectivity index (χ1) is 9.20. The SMILES string of the molecule is CCC(C)OC1NC(=O)c2ccsc2-n2cccc21. The predicted octanol–water partition coefficient (Wildman–Crippen LogP) is 3.10. The van der Waals surface area contributed by atoms with Gasteiger partial charge in [0.2, 0.25) is 0 Å². The highest BCUT2D eigenvalue weighted by atomic mass is 32.1.